The van der Waals surface area contributed by atoms with Gasteiger partial charge in [0.2, 0.25) is 5.91 Å². The predicted molar refractivity (Wildman–Crippen MR) is 136 cm³/mol. The molecular weight excluding hydrogens is 518 g/mol. The van der Waals surface area contributed by atoms with E-state index >= 15 is 0 Å². The van der Waals surface area contributed by atoms with Gasteiger partial charge >= 0.3 is 6.61 Å². The van der Waals surface area contributed by atoms with E-state index in [-0.39, 0.29) is 23.8 Å². The number of likely N-dealkylation sites (tertiary alicyclic amines) is 1. The SMILES string of the molecule is O=C(Cn1cc(NCc2cnn3cccnc23)c(-c2cc(Cl)ccc2OC(F)F)n1)N1C[C@H]2CNC[C@H]2C1. The largest absolute Gasteiger partial charge is 0.434 e. The molecule has 0 saturated carbocycles. The first-order valence-electron chi connectivity index (χ1n) is 12.3. The topological polar surface area (TPSA) is 102 Å². The van der Waals surface area contributed by atoms with Gasteiger partial charge in [0.25, 0.3) is 0 Å². The molecule has 2 aliphatic rings. The van der Waals surface area contributed by atoms with Gasteiger partial charge in [0.05, 0.1) is 11.9 Å². The first-order chi connectivity index (χ1) is 18.4. The molecule has 2 aliphatic heterocycles. The zero-order valence-corrected chi connectivity index (χ0v) is 21.0. The summed E-state index contributed by atoms with van der Waals surface area (Å²) in [5.74, 6) is 0.845. The van der Waals surface area contributed by atoms with Crippen molar-refractivity contribution >= 4 is 28.8 Å². The van der Waals surface area contributed by atoms with Crippen molar-refractivity contribution < 1.29 is 18.3 Å². The minimum Gasteiger partial charge on any atom is -0.434 e. The zero-order valence-electron chi connectivity index (χ0n) is 20.2. The Morgan fingerprint density at radius 3 is 2.87 bits per heavy atom. The van der Waals surface area contributed by atoms with Crippen molar-refractivity contribution in [2.24, 2.45) is 11.8 Å². The van der Waals surface area contributed by atoms with E-state index in [4.69, 9.17) is 16.3 Å². The lowest BCUT2D eigenvalue weighted by Crippen LogP contribution is -2.34. The second-order valence-corrected chi connectivity index (χ2v) is 9.93. The predicted octanol–water partition coefficient (Wildman–Crippen LogP) is 3.14. The van der Waals surface area contributed by atoms with Crippen molar-refractivity contribution in [2.45, 2.75) is 19.7 Å². The Bertz CT molecular complexity index is 1460. The van der Waals surface area contributed by atoms with Crippen molar-refractivity contribution in [1.82, 2.24) is 34.6 Å². The van der Waals surface area contributed by atoms with Crippen LogP contribution in [-0.2, 0) is 17.9 Å². The van der Waals surface area contributed by atoms with Crippen LogP contribution in [-0.4, -0.2) is 68.0 Å². The number of alkyl halides is 2. The molecule has 6 rings (SSSR count). The van der Waals surface area contributed by atoms with Gasteiger partial charge in [-0.15, -0.1) is 0 Å². The maximum absolute atomic E-state index is 13.2. The highest BCUT2D eigenvalue weighted by Crippen LogP contribution is 2.37. The number of hydrogen-bond donors (Lipinski definition) is 2. The fraction of sp³-hybridized carbons (Fsp3) is 0.360. The summed E-state index contributed by atoms with van der Waals surface area (Å²) >= 11 is 6.22. The molecule has 2 N–H and O–H groups in total. The fourth-order valence-corrected chi connectivity index (χ4v) is 5.38. The number of carbonyl (C=O) groups excluding carboxylic acids is 1. The molecule has 2 saturated heterocycles. The van der Waals surface area contributed by atoms with Gasteiger partial charge < -0.3 is 20.3 Å². The normalized spacial score (nSPS) is 18.9. The molecule has 10 nitrogen and oxygen atoms in total. The van der Waals surface area contributed by atoms with E-state index in [1.54, 1.807) is 35.4 Å². The fourth-order valence-electron chi connectivity index (χ4n) is 5.21. The lowest BCUT2D eigenvalue weighted by Gasteiger charge is -2.17. The molecule has 1 amide bonds. The molecule has 2 atom stereocenters. The third-order valence-electron chi connectivity index (χ3n) is 7.04. The highest BCUT2D eigenvalue weighted by Gasteiger charge is 2.38. The van der Waals surface area contributed by atoms with Crippen LogP contribution < -0.4 is 15.4 Å². The van der Waals surface area contributed by atoms with Gasteiger partial charge in [0.15, 0.2) is 5.65 Å². The number of benzene rings is 1. The van der Waals surface area contributed by atoms with Crippen LogP contribution in [0.25, 0.3) is 16.9 Å². The number of ether oxygens (including phenoxy) is 1. The van der Waals surface area contributed by atoms with E-state index < -0.39 is 6.61 Å². The number of rotatable bonds is 8. The Balaban J connectivity index is 1.30. The van der Waals surface area contributed by atoms with E-state index in [0.29, 0.717) is 40.4 Å². The van der Waals surface area contributed by atoms with Crippen molar-refractivity contribution in [3.05, 3.63) is 59.6 Å². The van der Waals surface area contributed by atoms with Gasteiger partial charge in [0.1, 0.15) is 18.0 Å². The third kappa shape index (κ3) is 4.88. The van der Waals surface area contributed by atoms with Crippen LogP contribution in [0.3, 0.4) is 0 Å². The number of nitrogens with one attached hydrogen (secondary N) is 2. The molecule has 1 aromatic carbocycles. The lowest BCUT2D eigenvalue weighted by atomic mass is 10.0. The Morgan fingerprint density at radius 1 is 1.26 bits per heavy atom. The first kappa shape index (κ1) is 24.6. The molecule has 4 aromatic rings. The maximum atomic E-state index is 13.2. The molecule has 0 spiro atoms. The summed E-state index contributed by atoms with van der Waals surface area (Å²) in [5, 5.41) is 15.9. The summed E-state index contributed by atoms with van der Waals surface area (Å²) in [6.07, 6.45) is 6.87. The van der Waals surface area contributed by atoms with Crippen LogP contribution in [0.4, 0.5) is 14.5 Å². The Labute approximate surface area is 221 Å². The van der Waals surface area contributed by atoms with Crippen molar-refractivity contribution in [2.75, 3.05) is 31.5 Å². The Kier molecular flexibility index (Phi) is 6.58. The number of fused-ring (bicyclic) bond motifs is 2. The van der Waals surface area contributed by atoms with Crippen molar-refractivity contribution in [3.63, 3.8) is 0 Å². The first-order valence-corrected chi connectivity index (χ1v) is 12.6. The minimum atomic E-state index is -3.02. The van der Waals surface area contributed by atoms with Crippen LogP contribution in [0.15, 0.2) is 49.1 Å². The molecule has 198 valence electrons. The molecule has 5 heterocycles. The summed E-state index contributed by atoms with van der Waals surface area (Å²) in [7, 11) is 0. The molecule has 0 aliphatic carbocycles. The molecule has 0 unspecified atom stereocenters. The second kappa shape index (κ2) is 10.2. The van der Waals surface area contributed by atoms with E-state index in [1.807, 2.05) is 4.90 Å². The van der Waals surface area contributed by atoms with Crippen LogP contribution >= 0.6 is 11.6 Å². The second-order valence-electron chi connectivity index (χ2n) is 9.50. The maximum Gasteiger partial charge on any atom is 0.387 e. The molecule has 3 aromatic heterocycles. The average molecular weight is 543 g/mol. The summed E-state index contributed by atoms with van der Waals surface area (Å²) in [6, 6.07) is 6.15. The highest BCUT2D eigenvalue weighted by atomic mass is 35.5. The highest BCUT2D eigenvalue weighted by molar-refractivity contribution is 6.31. The van der Waals surface area contributed by atoms with Crippen LogP contribution in [0, 0.1) is 11.8 Å². The Hall–Kier alpha value is -3.77. The van der Waals surface area contributed by atoms with E-state index in [1.165, 1.54) is 22.9 Å². The number of nitrogens with zero attached hydrogens (tertiary/aromatic N) is 6. The molecule has 2 fully saturated rings. The summed E-state index contributed by atoms with van der Waals surface area (Å²) in [5.41, 5.74) is 2.65. The van der Waals surface area contributed by atoms with Crippen molar-refractivity contribution in [3.8, 4) is 17.0 Å². The zero-order chi connectivity index (χ0) is 26.2. The third-order valence-corrected chi connectivity index (χ3v) is 7.27. The van der Waals surface area contributed by atoms with Gasteiger partial charge in [-0.2, -0.15) is 19.0 Å². The van der Waals surface area contributed by atoms with Gasteiger partial charge in [-0.25, -0.2) is 9.50 Å². The van der Waals surface area contributed by atoms with Crippen molar-refractivity contribution in [1.29, 1.82) is 0 Å². The standard InChI is InChI=1S/C25H25ClF2N8O2/c26-18-2-3-21(38-25(27)28)19(6-18)23-20(31-9-15-10-32-36-5-1-4-30-24(15)36)13-35(33-23)14-22(37)34-11-16-7-29-8-17(16)12-34/h1-6,10,13,16-17,25,29,31H,7-9,11-12,14H2/t16-,17+. The molecule has 13 heteroatoms. The van der Waals surface area contributed by atoms with Gasteiger partial charge in [-0.3, -0.25) is 9.48 Å². The molecule has 0 bridgehead atoms. The number of anilines is 1. The monoisotopic (exact) mass is 542 g/mol. The Morgan fingerprint density at radius 2 is 2.08 bits per heavy atom. The minimum absolute atomic E-state index is 0.0193. The number of carbonyl (C=O) groups is 1. The van der Waals surface area contributed by atoms with E-state index in [0.717, 1.165) is 31.7 Å². The molecule has 38 heavy (non-hydrogen) atoms. The summed E-state index contributed by atoms with van der Waals surface area (Å²) in [6.45, 7) is 0.621. The van der Waals surface area contributed by atoms with Crippen LogP contribution in [0.1, 0.15) is 5.56 Å². The number of aromatic nitrogens is 5. The van der Waals surface area contributed by atoms with E-state index in [2.05, 4.69) is 25.8 Å². The summed E-state index contributed by atoms with van der Waals surface area (Å²) < 4.78 is 34.3. The quantitative estimate of drug-likeness (QED) is 0.353. The van der Waals surface area contributed by atoms with Gasteiger partial charge in [-0.05, 0) is 36.1 Å². The van der Waals surface area contributed by atoms with Crippen LogP contribution in [0.5, 0.6) is 5.75 Å². The van der Waals surface area contributed by atoms with Gasteiger partial charge in [-0.1, -0.05) is 11.6 Å². The van der Waals surface area contributed by atoms with E-state index in [9.17, 15) is 13.6 Å². The number of hydrogen-bond acceptors (Lipinski definition) is 7. The molecular formula is C25H25ClF2N8O2. The average Bonchev–Trinajstić information content (AvgIpc) is 3.67. The summed E-state index contributed by atoms with van der Waals surface area (Å²) in [4.78, 5) is 19.4. The smallest absolute Gasteiger partial charge is 0.387 e. The van der Waals surface area contributed by atoms with Crippen LogP contribution in [0.2, 0.25) is 5.02 Å². The lowest BCUT2D eigenvalue weighted by molar-refractivity contribution is -0.131. The number of amides is 1. The number of halogens is 3. The van der Waals surface area contributed by atoms with Gasteiger partial charge in [0, 0.05) is 67.5 Å². The molecule has 0 radical (unpaired) electrons.